The largest absolute Gasteiger partial charge is 0.351 e. The molecule has 0 aliphatic carbocycles. The zero-order chi connectivity index (χ0) is 8.27. The summed E-state index contributed by atoms with van der Waals surface area (Å²) in [4.78, 5) is 22.5. The lowest BCUT2D eigenvalue weighted by atomic mass is 10.4. The number of amides is 3. The Kier molecular flexibility index (Phi) is 2.06. The van der Waals surface area contributed by atoms with Crippen LogP contribution in [0.1, 0.15) is 0 Å². The van der Waals surface area contributed by atoms with Gasteiger partial charge in [-0.05, 0) is 0 Å². The van der Waals surface area contributed by atoms with Crippen LogP contribution in [0.15, 0.2) is 24.3 Å². The number of hydrogen-bond donors (Lipinski definition) is 1. The molecule has 0 aromatic heterocycles. The number of imide groups is 1. The number of nitrogens with two attached hydrogens (primary N) is 1. The molecular formula is C7H8N2O2. The Morgan fingerprint density at radius 3 is 2.91 bits per heavy atom. The Morgan fingerprint density at radius 1 is 1.55 bits per heavy atom. The zero-order valence-corrected chi connectivity index (χ0v) is 5.86. The van der Waals surface area contributed by atoms with Gasteiger partial charge in [-0.25, -0.2) is 4.79 Å². The molecule has 4 heteroatoms. The van der Waals surface area contributed by atoms with Gasteiger partial charge >= 0.3 is 6.03 Å². The molecular weight excluding hydrogens is 144 g/mol. The summed E-state index contributed by atoms with van der Waals surface area (Å²) in [5.74, 6) is -0.373. The normalized spacial score (nSPS) is 16.7. The van der Waals surface area contributed by atoms with E-state index in [0.29, 0.717) is 0 Å². The van der Waals surface area contributed by atoms with Gasteiger partial charge in [0.15, 0.2) is 0 Å². The van der Waals surface area contributed by atoms with E-state index >= 15 is 0 Å². The lowest BCUT2D eigenvalue weighted by Gasteiger charge is -2.12. The van der Waals surface area contributed by atoms with Crippen molar-refractivity contribution >= 4 is 11.9 Å². The molecule has 1 heterocycles. The second-order valence-corrected chi connectivity index (χ2v) is 2.07. The van der Waals surface area contributed by atoms with Crippen molar-refractivity contribution < 1.29 is 9.59 Å². The number of urea groups is 1. The van der Waals surface area contributed by atoms with Gasteiger partial charge in [-0.1, -0.05) is 18.2 Å². The van der Waals surface area contributed by atoms with Gasteiger partial charge < -0.3 is 5.73 Å². The molecule has 4 nitrogen and oxygen atoms in total. The van der Waals surface area contributed by atoms with E-state index < -0.39 is 6.03 Å². The van der Waals surface area contributed by atoms with Crippen LogP contribution < -0.4 is 5.73 Å². The van der Waals surface area contributed by atoms with Crippen LogP contribution in [0.3, 0.4) is 0 Å². The van der Waals surface area contributed by atoms with Crippen molar-refractivity contribution in [3.8, 4) is 0 Å². The Hall–Kier alpha value is -1.58. The molecule has 58 valence electrons. The van der Waals surface area contributed by atoms with Gasteiger partial charge in [0.05, 0.1) is 0 Å². The van der Waals surface area contributed by atoms with Crippen LogP contribution in [0.2, 0.25) is 0 Å². The highest BCUT2D eigenvalue weighted by Gasteiger charge is 2.14. The molecule has 1 aliphatic heterocycles. The Balaban J connectivity index is 2.79. The van der Waals surface area contributed by atoms with Gasteiger partial charge in [0.2, 0.25) is 0 Å². The van der Waals surface area contributed by atoms with E-state index in [2.05, 4.69) is 0 Å². The predicted molar refractivity (Wildman–Crippen MR) is 39.6 cm³/mol. The maximum atomic E-state index is 11.0. The third-order valence-electron chi connectivity index (χ3n) is 1.31. The molecule has 0 aromatic carbocycles. The van der Waals surface area contributed by atoms with Gasteiger partial charge in [-0.2, -0.15) is 0 Å². The third kappa shape index (κ3) is 1.67. The van der Waals surface area contributed by atoms with E-state index in [1.165, 1.54) is 6.08 Å². The standard InChI is InChI=1S/C7H8N2O2/c8-7(11)9-5-3-1-2-4-6(9)10/h1-4H,5H2,(H2,8,11). The number of allylic oxidation sites excluding steroid dienone is 2. The molecule has 0 fully saturated rings. The second-order valence-electron chi connectivity index (χ2n) is 2.07. The molecule has 0 saturated carbocycles. The minimum atomic E-state index is -0.716. The first-order valence-corrected chi connectivity index (χ1v) is 3.16. The van der Waals surface area contributed by atoms with Crippen molar-refractivity contribution in [1.82, 2.24) is 4.90 Å². The van der Waals surface area contributed by atoms with Crippen LogP contribution in [-0.4, -0.2) is 23.4 Å². The molecule has 0 radical (unpaired) electrons. The van der Waals surface area contributed by atoms with Crippen LogP contribution in [0.25, 0.3) is 0 Å². The van der Waals surface area contributed by atoms with Crippen molar-refractivity contribution in [3.63, 3.8) is 0 Å². The van der Waals surface area contributed by atoms with E-state index in [1.54, 1.807) is 18.2 Å². The number of nitrogens with zero attached hydrogens (tertiary/aromatic N) is 1. The highest BCUT2D eigenvalue weighted by atomic mass is 16.2. The highest BCUT2D eigenvalue weighted by molar-refractivity contribution is 6.00. The minimum absolute atomic E-state index is 0.251. The fourth-order valence-electron chi connectivity index (χ4n) is 0.761. The quantitative estimate of drug-likeness (QED) is 0.531. The topological polar surface area (TPSA) is 63.4 Å². The maximum absolute atomic E-state index is 11.0. The summed E-state index contributed by atoms with van der Waals surface area (Å²) in [7, 11) is 0. The summed E-state index contributed by atoms with van der Waals surface area (Å²) in [6.07, 6.45) is 6.26. The van der Waals surface area contributed by atoms with Crippen LogP contribution in [-0.2, 0) is 4.79 Å². The SMILES string of the molecule is NC(=O)N1CC=CC=CC1=O. The number of rotatable bonds is 0. The third-order valence-corrected chi connectivity index (χ3v) is 1.31. The van der Waals surface area contributed by atoms with Crippen molar-refractivity contribution in [1.29, 1.82) is 0 Å². The molecule has 11 heavy (non-hydrogen) atoms. The summed E-state index contributed by atoms with van der Waals surface area (Å²) >= 11 is 0. The lowest BCUT2D eigenvalue weighted by molar-refractivity contribution is -0.122. The number of carbonyl (C=O) groups is 2. The fourth-order valence-corrected chi connectivity index (χ4v) is 0.761. The zero-order valence-electron chi connectivity index (χ0n) is 5.86. The van der Waals surface area contributed by atoms with E-state index in [9.17, 15) is 9.59 Å². The van der Waals surface area contributed by atoms with E-state index in [1.807, 2.05) is 0 Å². The first kappa shape index (κ1) is 7.53. The van der Waals surface area contributed by atoms with Gasteiger partial charge in [0.25, 0.3) is 5.91 Å². The van der Waals surface area contributed by atoms with Crippen molar-refractivity contribution in [2.45, 2.75) is 0 Å². The molecule has 0 saturated heterocycles. The number of carbonyl (C=O) groups excluding carboxylic acids is 2. The Bertz CT molecular complexity index is 243. The summed E-state index contributed by atoms with van der Waals surface area (Å²) < 4.78 is 0. The lowest BCUT2D eigenvalue weighted by Crippen LogP contribution is -2.39. The van der Waals surface area contributed by atoms with Crippen molar-refractivity contribution in [2.75, 3.05) is 6.54 Å². The fraction of sp³-hybridized carbons (Fsp3) is 0.143. The molecule has 3 amide bonds. The molecule has 2 N–H and O–H groups in total. The van der Waals surface area contributed by atoms with Crippen LogP contribution >= 0.6 is 0 Å². The molecule has 0 atom stereocenters. The number of hydrogen-bond acceptors (Lipinski definition) is 2. The summed E-state index contributed by atoms with van der Waals surface area (Å²) in [5, 5.41) is 0. The van der Waals surface area contributed by atoms with Gasteiger partial charge in [-0.15, -0.1) is 0 Å². The molecule has 0 aromatic rings. The second kappa shape index (κ2) is 3.01. The van der Waals surface area contributed by atoms with Gasteiger partial charge in [0, 0.05) is 12.6 Å². The Labute approximate surface area is 64.0 Å². The van der Waals surface area contributed by atoms with Crippen LogP contribution in [0.5, 0.6) is 0 Å². The average Bonchev–Trinajstić information content (AvgIpc) is 2.13. The Morgan fingerprint density at radius 2 is 2.27 bits per heavy atom. The van der Waals surface area contributed by atoms with Crippen LogP contribution in [0, 0.1) is 0 Å². The summed E-state index contributed by atoms with van der Waals surface area (Å²) in [6.45, 7) is 0.251. The molecule has 0 bridgehead atoms. The monoisotopic (exact) mass is 152 g/mol. The van der Waals surface area contributed by atoms with Gasteiger partial charge in [0.1, 0.15) is 0 Å². The number of primary amides is 1. The summed E-state index contributed by atoms with van der Waals surface area (Å²) in [5.41, 5.74) is 4.93. The van der Waals surface area contributed by atoms with Gasteiger partial charge in [-0.3, -0.25) is 9.69 Å². The molecule has 0 spiro atoms. The van der Waals surface area contributed by atoms with E-state index in [0.717, 1.165) is 4.90 Å². The molecule has 0 unspecified atom stereocenters. The first-order chi connectivity index (χ1) is 5.22. The van der Waals surface area contributed by atoms with Crippen molar-refractivity contribution in [2.24, 2.45) is 5.73 Å². The van der Waals surface area contributed by atoms with E-state index in [-0.39, 0.29) is 12.5 Å². The smallest absolute Gasteiger partial charge is 0.322 e. The maximum Gasteiger partial charge on any atom is 0.322 e. The minimum Gasteiger partial charge on any atom is -0.351 e. The predicted octanol–water partition coefficient (Wildman–Crippen LogP) is 0.0197. The van der Waals surface area contributed by atoms with Crippen molar-refractivity contribution in [3.05, 3.63) is 24.3 Å². The summed E-state index contributed by atoms with van der Waals surface area (Å²) in [6, 6.07) is -0.716. The first-order valence-electron chi connectivity index (χ1n) is 3.16. The average molecular weight is 152 g/mol. The molecule has 1 rings (SSSR count). The van der Waals surface area contributed by atoms with Crippen LogP contribution in [0.4, 0.5) is 4.79 Å². The molecule has 1 aliphatic rings. The highest BCUT2D eigenvalue weighted by Crippen LogP contribution is 1.96. The van der Waals surface area contributed by atoms with E-state index in [4.69, 9.17) is 5.73 Å².